The fourth-order valence-corrected chi connectivity index (χ4v) is 5.72. The summed E-state index contributed by atoms with van der Waals surface area (Å²) in [7, 11) is 0. The van der Waals surface area contributed by atoms with Crippen molar-refractivity contribution in [3.63, 3.8) is 0 Å². The van der Waals surface area contributed by atoms with Crippen molar-refractivity contribution >= 4 is 0 Å². The van der Waals surface area contributed by atoms with Crippen molar-refractivity contribution in [1.29, 1.82) is 0 Å². The molecular weight excluding hydrogens is 444 g/mol. The van der Waals surface area contributed by atoms with E-state index in [-0.39, 0.29) is 0 Å². The monoisotopic (exact) mass is 469 g/mol. The molecule has 1 aliphatic rings. The smallest absolute Gasteiger partial charge is 0.0000431 e. The lowest BCUT2D eigenvalue weighted by Crippen LogP contribution is -1.92. The Balaban J connectivity index is 1.56. The van der Waals surface area contributed by atoms with E-state index in [2.05, 4.69) is 146 Å². The van der Waals surface area contributed by atoms with Gasteiger partial charge in [0.25, 0.3) is 0 Å². The van der Waals surface area contributed by atoms with Gasteiger partial charge in [0, 0.05) is 0 Å². The molecule has 0 aliphatic heterocycles. The lowest BCUT2D eigenvalue weighted by molar-refractivity contribution is 1.26. The highest BCUT2D eigenvalue weighted by molar-refractivity contribution is 6.01. The van der Waals surface area contributed by atoms with Gasteiger partial charge < -0.3 is 0 Å². The summed E-state index contributed by atoms with van der Waals surface area (Å²) in [6.45, 7) is 0. The molecule has 7 rings (SSSR count). The zero-order valence-electron chi connectivity index (χ0n) is 20.5. The highest BCUT2D eigenvalue weighted by atomic mass is 14.3. The average molecular weight is 470 g/mol. The van der Waals surface area contributed by atoms with Crippen LogP contribution in [0.15, 0.2) is 140 Å². The maximum atomic E-state index is 3.86. The predicted octanol–water partition coefficient (Wildman–Crippen LogP) is 9.73. The lowest BCUT2D eigenvalue weighted by Gasteiger charge is -2.17. The molecule has 6 aromatic carbocycles. The molecule has 0 unspecified atom stereocenters. The Kier molecular flexibility index (Phi) is 5.30. The van der Waals surface area contributed by atoms with Gasteiger partial charge in [-0.3, -0.25) is 0 Å². The number of hydrogen-bond donors (Lipinski definition) is 0. The molecule has 0 saturated carbocycles. The quantitative estimate of drug-likeness (QED) is 0.241. The molecule has 173 valence electrons. The van der Waals surface area contributed by atoms with Gasteiger partial charge >= 0.3 is 0 Å². The normalized spacial score (nSPS) is 11.7. The Morgan fingerprint density at radius 1 is 0.405 bits per heavy atom. The van der Waals surface area contributed by atoms with Crippen LogP contribution in [0, 0.1) is 6.07 Å². The van der Waals surface area contributed by atoms with E-state index < -0.39 is 0 Å². The summed E-state index contributed by atoms with van der Waals surface area (Å²) < 4.78 is 0. The van der Waals surface area contributed by atoms with Crippen LogP contribution in [0.1, 0.15) is 11.1 Å². The summed E-state index contributed by atoms with van der Waals surface area (Å²) in [5, 5.41) is 0. The summed E-state index contributed by atoms with van der Waals surface area (Å²) in [6, 6.07) is 53.8. The Labute approximate surface area is 218 Å². The molecule has 1 radical (unpaired) electrons. The molecule has 0 heteroatoms. The second-order valence-corrected chi connectivity index (χ2v) is 9.61. The highest BCUT2D eigenvalue weighted by Crippen LogP contribution is 2.51. The first kappa shape index (κ1) is 21.6. The molecule has 0 heterocycles. The number of hydrogen-bond acceptors (Lipinski definition) is 0. The fourth-order valence-electron chi connectivity index (χ4n) is 5.72. The summed E-state index contributed by atoms with van der Waals surface area (Å²) in [6.07, 6.45) is 0.871. The number of fused-ring (bicyclic) bond motifs is 3. The molecule has 0 amide bonds. The van der Waals surface area contributed by atoms with Gasteiger partial charge in [-0.2, -0.15) is 0 Å². The van der Waals surface area contributed by atoms with E-state index in [1.54, 1.807) is 0 Å². The van der Waals surface area contributed by atoms with Gasteiger partial charge in [0.15, 0.2) is 0 Å². The van der Waals surface area contributed by atoms with Crippen LogP contribution in [0.3, 0.4) is 0 Å². The predicted molar refractivity (Wildman–Crippen MR) is 155 cm³/mol. The van der Waals surface area contributed by atoms with Gasteiger partial charge in [-0.1, -0.05) is 133 Å². The fraction of sp³-hybridized carbons (Fsp3) is 0.0270. The maximum Gasteiger partial charge on any atom is -0.0000431 e. The highest BCUT2D eigenvalue weighted by Gasteiger charge is 2.29. The Morgan fingerprint density at radius 3 is 1.43 bits per heavy atom. The van der Waals surface area contributed by atoms with Crippen molar-refractivity contribution in [2.45, 2.75) is 6.42 Å². The van der Waals surface area contributed by atoms with Gasteiger partial charge in [-0.05, 0) is 85.3 Å². The number of rotatable bonds is 4. The van der Waals surface area contributed by atoms with E-state index in [1.165, 1.54) is 61.2 Å². The topological polar surface area (TPSA) is 0 Å². The molecule has 0 nitrogen and oxygen atoms in total. The van der Waals surface area contributed by atoms with Crippen molar-refractivity contribution in [1.82, 2.24) is 0 Å². The van der Waals surface area contributed by atoms with Gasteiger partial charge in [0.05, 0.1) is 0 Å². The minimum atomic E-state index is 0.871. The molecule has 0 N–H and O–H groups in total. The van der Waals surface area contributed by atoms with Crippen LogP contribution in [0.2, 0.25) is 0 Å². The molecule has 0 atom stereocenters. The third-order valence-corrected chi connectivity index (χ3v) is 7.40. The van der Waals surface area contributed by atoms with Crippen LogP contribution in [0.25, 0.3) is 55.6 Å². The van der Waals surface area contributed by atoms with Gasteiger partial charge in [-0.15, -0.1) is 0 Å². The van der Waals surface area contributed by atoms with Crippen LogP contribution in [-0.2, 0) is 6.42 Å². The van der Waals surface area contributed by atoms with E-state index in [9.17, 15) is 0 Å². The van der Waals surface area contributed by atoms with Gasteiger partial charge in [-0.25, -0.2) is 0 Å². The average Bonchev–Trinajstić information content (AvgIpc) is 3.38. The first-order valence-corrected chi connectivity index (χ1v) is 12.8. The third-order valence-electron chi connectivity index (χ3n) is 7.40. The minimum Gasteiger partial charge on any atom is -0.0622 e. The minimum absolute atomic E-state index is 0.871. The molecule has 0 saturated heterocycles. The van der Waals surface area contributed by atoms with Crippen LogP contribution >= 0.6 is 0 Å². The van der Waals surface area contributed by atoms with Crippen LogP contribution in [0.4, 0.5) is 0 Å². The maximum absolute atomic E-state index is 3.86. The second kappa shape index (κ2) is 9.08. The first-order valence-electron chi connectivity index (χ1n) is 12.8. The molecule has 0 fully saturated rings. The molecule has 6 aromatic rings. The van der Waals surface area contributed by atoms with Crippen molar-refractivity contribution in [3.8, 4) is 55.6 Å². The van der Waals surface area contributed by atoms with Crippen molar-refractivity contribution < 1.29 is 0 Å². The first-order chi connectivity index (χ1) is 18.4. The molecule has 0 spiro atoms. The Hall–Kier alpha value is -4.68. The van der Waals surface area contributed by atoms with Gasteiger partial charge in [0.1, 0.15) is 0 Å². The van der Waals surface area contributed by atoms with Gasteiger partial charge in [0.2, 0.25) is 0 Å². The number of benzene rings is 6. The standard InChI is InChI=1S/C37H25/c1-5-13-26(14-6-1)30-23-31-25-35-32(27-15-7-2-8-16-27)21-22-33(28-17-9-3-10-18-28)37(35)36(31)34(24-30)29-19-11-4-12-20-29/h1-22,24H,25H2. The zero-order chi connectivity index (χ0) is 24.6. The molecule has 37 heavy (non-hydrogen) atoms. The summed E-state index contributed by atoms with van der Waals surface area (Å²) in [5.41, 5.74) is 15.3. The summed E-state index contributed by atoms with van der Waals surface area (Å²) >= 11 is 0. The van der Waals surface area contributed by atoms with E-state index >= 15 is 0 Å². The lowest BCUT2D eigenvalue weighted by atomic mass is 9.86. The van der Waals surface area contributed by atoms with Crippen molar-refractivity contribution in [2.24, 2.45) is 0 Å². The van der Waals surface area contributed by atoms with Crippen LogP contribution < -0.4 is 0 Å². The summed E-state index contributed by atoms with van der Waals surface area (Å²) in [4.78, 5) is 0. The van der Waals surface area contributed by atoms with E-state index in [4.69, 9.17) is 0 Å². The SMILES string of the molecule is [c]1c(-c2ccccc2)cc(-c2ccccc2)c2c1Cc1c(-c3ccccc3)ccc(-c3ccccc3)c1-2. The largest absolute Gasteiger partial charge is 0.0622 e. The van der Waals surface area contributed by atoms with Crippen LogP contribution in [0.5, 0.6) is 0 Å². The molecular formula is C37H25. The third kappa shape index (κ3) is 3.79. The molecule has 0 bridgehead atoms. The van der Waals surface area contributed by atoms with E-state index in [1.807, 2.05) is 0 Å². The summed E-state index contributed by atoms with van der Waals surface area (Å²) in [5.74, 6) is 0. The molecule has 1 aliphatic carbocycles. The zero-order valence-corrected chi connectivity index (χ0v) is 20.5. The van der Waals surface area contributed by atoms with Crippen molar-refractivity contribution in [2.75, 3.05) is 0 Å². The van der Waals surface area contributed by atoms with Crippen LogP contribution in [-0.4, -0.2) is 0 Å². The second-order valence-electron chi connectivity index (χ2n) is 9.61. The van der Waals surface area contributed by atoms with Crippen molar-refractivity contribution in [3.05, 3.63) is 157 Å². The Morgan fingerprint density at radius 2 is 0.865 bits per heavy atom. The molecule has 0 aromatic heterocycles. The Bertz CT molecular complexity index is 1700. The van der Waals surface area contributed by atoms with E-state index in [0.29, 0.717) is 0 Å². The van der Waals surface area contributed by atoms with E-state index in [0.717, 1.165) is 12.0 Å².